The van der Waals surface area contributed by atoms with Crippen LogP contribution in [0.3, 0.4) is 0 Å². The van der Waals surface area contributed by atoms with Gasteiger partial charge in [0.2, 0.25) is 0 Å². The molecular formula is C28H30IN5O4. The largest absolute Gasteiger partial charge is 0.481 e. The van der Waals surface area contributed by atoms with E-state index in [9.17, 15) is 14.7 Å². The van der Waals surface area contributed by atoms with Crippen LogP contribution < -0.4 is 14.5 Å². The molecule has 1 aliphatic carbocycles. The van der Waals surface area contributed by atoms with E-state index in [-0.39, 0.29) is 12.0 Å². The van der Waals surface area contributed by atoms with Crippen molar-refractivity contribution in [3.8, 4) is 17.7 Å². The maximum Gasteiger partial charge on any atom is 0.308 e. The van der Waals surface area contributed by atoms with E-state index in [1.807, 2.05) is 26.1 Å². The topological polar surface area (TPSA) is 101 Å². The number of hydrogen-bond acceptors (Lipinski definition) is 6. The van der Waals surface area contributed by atoms with Crippen molar-refractivity contribution in [2.45, 2.75) is 52.1 Å². The Kier molecular flexibility index (Phi) is 7.47. The number of aromatic nitrogens is 3. The van der Waals surface area contributed by atoms with Crippen molar-refractivity contribution in [1.29, 1.82) is 0 Å². The molecule has 0 bridgehead atoms. The van der Waals surface area contributed by atoms with Crippen molar-refractivity contribution in [1.82, 2.24) is 14.8 Å². The van der Waals surface area contributed by atoms with E-state index < -0.39 is 11.9 Å². The summed E-state index contributed by atoms with van der Waals surface area (Å²) in [5.41, 5.74) is 4.07. The highest BCUT2D eigenvalue weighted by molar-refractivity contribution is 14.1. The van der Waals surface area contributed by atoms with E-state index in [4.69, 9.17) is 9.72 Å². The van der Waals surface area contributed by atoms with E-state index in [1.54, 1.807) is 22.6 Å². The summed E-state index contributed by atoms with van der Waals surface area (Å²) in [6, 6.07) is 7.84. The summed E-state index contributed by atoms with van der Waals surface area (Å²) in [5.74, 6) is 4.64. The van der Waals surface area contributed by atoms with Gasteiger partial charge in [-0.3, -0.25) is 19.2 Å². The number of carbonyl (C=O) groups excluding carboxylic acids is 1. The van der Waals surface area contributed by atoms with E-state index in [0.717, 1.165) is 52.0 Å². The van der Waals surface area contributed by atoms with Crippen molar-refractivity contribution in [3.63, 3.8) is 0 Å². The van der Waals surface area contributed by atoms with Crippen LogP contribution in [0.2, 0.25) is 0 Å². The second-order valence-electron chi connectivity index (χ2n) is 9.85. The maximum atomic E-state index is 13.5. The highest BCUT2D eigenvalue weighted by atomic mass is 127. The Bertz CT molecular complexity index is 1470. The molecule has 2 fully saturated rings. The van der Waals surface area contributed by atoms with Crippen molar-refractivity contribution < 1.29 is 19.4 Å². The molecule has 1 saturated carbocycles. The van der Waals surface area contributed by atoms with Crippen LogP contribution in [0.5, 0.6) is 5.88 Å². The number of fused-ring (bicyclic) bond motifs is 1. The van der Waals surface area contributed by atoms with Crippen molar-refractivity contribution in [2.24, 2.45) is 13.0 Å². The molecule has 9 nitrogen and oxygen atoms in total. The van der Waals surface area contributed by atoms with Crippen LogP contribution in [0, 0.1) is 28.3 Å². The summed E-state index contributed by atoms with van der Waals surface area (Å²) in [6.45, 7) is 5.54. The van der Waals surface area contributed by atoms with Gasteiger partial charge in [0, 0.05) is 23.7 Å². The van der Waals surface area contributed by atoms with Gasteiger partial charge in [-0.25, -0.2) is 4.98 Å². The quantitative estimate of drug-likeness (QED) is 0.310. The van der Waals surface area contributed by atoms with Gasteiger partial charge in [-0.1, -0.05) is 5.92 Å². The number of anilines is 3. The Balaban J connectivity index is 1.60. The van der Waals surface area contributed by atoms with Crippen LogP contribution >= 0.6 is 22.6 Å². The zero-order valence-corrected chi connectivity index (χ0v) is 23.9. The number of aryl methyl sites for hydroxylation is 2. The molecule has 1 aliphatic heterocycles. The molecule has 1 saturated heterocycles. The number of halogens is 1. The normalized spacial score (nSPS) is 18.9. The van der Waals surface area contributed by atoms with Crippen LogP contribution in [-0.2, 0) is 16.6 Å². The number of carboxylic acid groups (broad SMARTS) is 1. The summed E-state index contributed by atoms with van der Waals surface area (Å²) >= 11 is 2.33. The molecule has 38 heavy (non-hydrogen) atoms. The molecule has 10 heteroatoms. The van der Waals surface area contributed by atoms with Crippen LogP contribution in [0.15, 0.2) is 24.3 Å². The van der Waals surface area contributed by atoms with E-state index >= 15 is 0 Å². The van der Waals surface area contributed by atoms with Crippen LogP contribution in [-0.4, -0.2) is 50.9 Å². The first-order valence-electron chi connectivity index (χ1n) is 12.8. The first-order valence-corrected chi connectivity index (χ1v) is 13.9. The smallest absolute Gasteiger partial charge is 0.308 e. The SMILES string of the molecule is CC#CC(=O)N(c1ccc2c(n1)c(O[C@H]1CC[C@@H](C(=O)O)C1)nn2C)c1cc(C)c(I)cc1N1CCCC1. The Morgan fingerprint density at radius 2 is 1.97 bits per heavy atom. The standard InChI is InChI=1S/C28H30IN5O4/c1-4-7-25(35)34(23-14-17(2)20(29)16-22(23)33-12-5-6-13-33)24-11-10-21-26(30-24)27(31-32(21)3)38-19-9-8-18(15-19)28(36)37/h10-11,14,16,18-19H,5-6,8-9,12-13,15H2,1-3H3,(H,36,37)/t18-,19+/m1/s1. The third-order valence-electron chi connectivity index (χ3n) is 7.27. The molecule has 3 aromatic rings. The lowest BCUT2D eigenvalue weighted by Crippen LogP contribution is -2.29. The van der Waals surface area contributed by atoms with Gasteiger partial charge in [0.1, 0.15) is 11.9 Å². The molecule has 0 unspecified atom stereocenters. The highest BCUT2D eigenvalue weighted by Crippen LogP contribution is 2.39. The first-order chi connectivity index (χ1) is 18.3. The zero-order chi connectivity index (χ0) is 27.0. The van der Waals surface area contributed by atoms with Gasteiger partial charge in [0.25, 0.3) is 5.88 Å². The zero-order valence-electron chi connectivity index (χ0n) is 21.7. The molecular weight excluding hydrogens is 597 g/mol. The number of amides is 1. The predicted octanol–water partition coefficient (Wildman–Crippen LogP) is 4.80. The molecule has 0 radical (unpaired) electrons. The van der Waals surface area contributed by atoms with Gasteiger partial charge < -0.3 is 14.7 Å². The third kappa shape index (κ3) is 5.04. The number of nitrogens with zero attached hydrogens (tertiary/aromatic N) is 5. The number of rotatable bonds is 6. The molecule has 3 heterocycles. The van der Waals surface area contributed by atoms with E-state index in [1.165, 1.54) is 0 Å². The lowest BCUT2D eigenvalue weighted by Gasteiger charge is -2.28. The fraction of sp³-hybridized carbons (Fsp3) is 0.429. The van der Waals surface area contributed by atoms with Gasteiger partial charge in [-0.05, 0) is 104 Å². The first kappa shape index (κ1) is 26.3. The molecule has 198 valence electrons. The van der Waals surface area contributed by atoms with E-state index in [0.29, 0.717) is 36.5 Å². The number of carboxylic acids is 1. The van der Waals surface area contributed by atoms with Crippen LogP contribution in [0.25, 0.3) is 11.0 Å². The minimum absolute atomic E-state index is 0.246. The van der Waals surface area contributed by atoms with Gasteiger partial charge >= 0.3 is 11.9 Å². The molecule has 2 aliphatic rings. The van der Waals surface area contributed by atoms with Crippen molar-refractivity contribution >= 4 is 62.7 Å². The van der Waals surface area contributed by atoms with Gasteiger partial charge in [-0.15, -0.1) is 5.10 Å². The third-order valence-corrected chi connectivity index (χ3v) is 8.43. The number of hydrogen-bond donors (Lipinski definition) is 1. The molecule has 2 atom stereocenters. The molecule has 0 spiro atoms. The molecule has 1 N–H and O–H groups in total. The second kappa shape index (κ2) is 10.8. The Labute approximate surface area is 235 Å². The summed E-state index contributed by atoms with van der Waals surface area (Å²) < 4.78 is 9.00. The summed E-state index contributed by atoms with van der Waals surface area (Å²) in [7, 11) is 1.81. The average Bonchev–Trinajstić information content (AvgIpc) is 3.63. The van der Waals surface area contributed by atoms with E-state index in [2.05, 4.69) is 50.5 Å². The number of benzene rings is 1. The summed E-state index contributed by atoms with van der Waals surface area (Å²) in [5, 5.41) is 13.9. The Hall–Kier alpha value is -3.33. The lowest BCUT2D eigenvalue weighted by molar-refractivity contribution is -0.141. The number of ether oxygens (including phenoxy) is 1. The lowest BCUT2D eigenvalue weighted by atomic mass is 10.1. The fourth-order valence-corrected chi connectivity index (χ4v) is 5.73. The maximum absolute atomic E-state index is 13.5. The minimum atomic E-state index is -0.796. The van der Waals surface area contributed by atoms with Gasteiger partial charge in [-0.2, -0.15) is 0 Å². The summed E-state index contributed by atoms with van der Waals surface area (Å²) in [4.78, 5) is 33.7. The number of pyridine rings is 1. The highest BCUT2D eigenvalue weighted by Gasteiger charge is 2.32. The van der Waals surface area contributed by atoms with Crippen LogP contribution in [0.4, 0.5) is 17.2 Å². The van der Waals surface area contributed by atoms with Gasteiger partial charge in [0.05, 0.1) is 22.8 Å². The number of aliphatic carboxylic acids is 1. The monoisotopic (exact) mass is 627 g/mol. The molecule has 1 amide bonds. The Morgan fingerprint density at radius 3 is 2.66 bits per heavy atom. The molecule has 1 aromatic carbocycles. The van der Waals surface area contributed by atoms with Crippen molar-refractivity contribution in [3.05, 3.63) is 33.4 Å². The van der Waals surface area contributed by atoms with Crippen molar-refractivity contribution in [2.75, 3.05) is 22.9 Å². The minimum Gasteiger partial charge on any atom is -0.481 e. The Morgan fingerprint density at radius 1 is 1.21 bits per heavy atom. The number of carbonyl (C=O) groups is 2. The molecule has 5 rings (SSSR count). The van der Waals surface area contributed by atoms with Gasteiger partial charge in [0.15, 0.2) is 5.52 Å². The second-order valence-corrected chi connectivity index (χ2v) is 11.0. The molecule has 2 aromatic heterocycles. The fourth-order valence-electron chi connectivity index (χ4n) is 5.28. The summed E-state index contributed by atoms with van der Waals surface area (Å²) in [6.07, 6.45) is 3.63. The average molecular weight is 627 g/mol. The van der Waals surface area contributed by atoms with Crippen LogP contribution in [0.1, 0.15) is 44.6 Å². The predicted molar refractivity (Wildman–Crippen MR) is 154 cm³/mol.